The summed E-state index contributed by atoms with van der Waals surface area (Å²) >= 11 is 2.09. The van der Waals surface area contributed by atoms with Crippen molar-refractivity contribution in [1.82, 2.24) is 5.32 Å². The summed E-state index contributed by atoms with van der Waals surface area (Å²) in [5, 5.41) is 3.75. The van der Waals surface area contributed by atoms with E-state index in [1.807, 2.05) is 0 Å². The average molecular weight is 272 g/mol. The molecule has 1 rings (SSSR count). The monoisotopic (exact) mass is 271 g/mol. The summed E-state index contributed by atoms with van der Waals surface area (Å²) in [6, 6.07) is 0.750. The molecule has 0 heterocycles. The molecule has 0 aliphatic heterocycles. The lowest BCUT2D eigenvalue weighted by Gasteiger charge is -2.44. The van der Waals surface area contributed by atoms with Crippen molar-refractivity contribution in [2.24, 2.45) is 17.3 Å². The van der Waals surface area contributed by atoms with Gasteiger partial charge in [0.05, 0.1) is 0 Å². The van der Waals surface area contributed by atoms with Crippen LogP contribution in [-0.4, -0.2) is 24.1 Å². The molecule has 2 heteroatoms. The molecule has 3 atom stereocenters. The summed E-state index contributed by atoms with van der Waals surface area (Å²) in [5.74, 6) is 4.36. The van der Waals surface area contributed by atoms with Gasteiger partial charge in [-0.25, -0.2) is 0 Å². The molecule has 0 aromatic heterocycles. The highest BCUT2D eigenvalue weighted by molar-refractivity contribution is 7.99. The minimum Gasteiger partial charge on any atom is -0.314 e. The summed E-state index contributed by atoms with van der Waals surface area (Å²) in [6.45, 7) is 13.0. The van der Waals surface area contributed by atoms with Crippen LogP contribution in [0.25, 0.3) is 0 Å². The van der Waals surface area contributed by atoms with Crippen molar-refractivity contribution < 1.29 is 0 Å². The molecule has 0 spiro atoms. The van der Waals surface area contributed by atoms with Gasteiger partial charge in [-0.3, -0.25) is 0 Å². The number of hydrogen-bond acceptors (Lipinski definition) is 2. The fraction of sp³-hybridized carbons (Fsp3) is 1.00. The smallest absolute Gasteiger partial charge is 0.0103 e. The van der Waals surface area contributed by atoms with Gasteiger partial charge < -0.3 is 5.32 Å². The Morgan fingerprint density at radius 1 is 1.22 bits per heavy atom. The van der Waals surface area contributed by atoms with Crippen molar-refractivity contribution in [3.63, 3.8) is 0 Å². The first-order valence-corrected chi connectivity index (χ1v) is 8.97. The van der Waals surface area contributed by atoms with Crippen LogP contribution < -0.4 is 5.32 Å². The molecule has 1 fully saturated rings. The molecule has 0 aromatic carbocycles. The van der Waals surface area contributed by atoms with E-state index in [1.54, 1.807) is 0 Å². The quantitative estimate of drug-likeness (QED) is 0.681. The first-order chi connectivity index (χ1) is 8.51. The van der Waals surface area contributed by atoms with E-state index in [-0.39, 0.29) is 0 Å². The molecule has 1 saturated carbocycles. The van der Waals surface area contributed by atoms with Crippen LogP contribution >= 0.6 is 11.8 Å². The van der Waals surface area contributed by atoms with E-state index in [9.17, 15) is 0 Å². The van der Waals surface area contributed by atoms with Gasteiger partial charge in [0.25, 0.3) is 0 Å². The predicted octanol–water partition coefficient (Wildman–Crippen LogP) is 4.57. The number of rotatable bonds is 7. The molecule has 1 aliphatic carbocycles. The van der Waals surface area contributed by atoms with Crippen molar-refractivity contribution in [3.05, 3.63) is 0 Å². The molecule has 18 heavy (non-hydrogen) atoms. The van der Waals surface area contributed by atoms with E-state index in [0.29, 0.717) is 5.41 Å². The summed E-state index contributed by atoms with van der Waals surface area (Å²) in [6.07, 6.45) is 5.59. The van der Waals surface area contributed by atoms with E-state index in [1.165, 1.54) is 37.2 Å². The van der Waals surface area contributed by atoms with Gasteiger partial charge in [0, 0.05) is 6.04 Å². The molecule has 3 unspecified atom stereocenters. The third-order valence-electron chi connectivity index (χ3n) is 4.68. The normalized spacial score (nSPS) is 29.5. The Morgan fingerprint density at radius 3 is 2.56 bits per heavy atom. The lowest BCUT2D eigenvalue weighted by molar-refractivity contribution is 0.0926. The van der Waals surface area contributed by atoms with Gasteiger partial charge in [-0.1, -0.05) is 41.0 Å². The molecular weight excluding hydrogens is 238 g/mol. The van der Waals surface area contributed by atoms with Crippen LogP contribution in [0, 0.1) is 17.3 Å². The third kappa shape index (κ3) is 4.77. The van der Waals surface area contributed by atoms with Crippen LogP contribution in [0.3, 0.4) is 0 Å². The molecule has 1 N–H and O–H groups in total. The van der Waals surface area contributed by atoms with Crippen LogP contribution in [0.5, 0.6) is 0 Å². The molecule has 1 aliphatic rings. The number of nitrogens with one attached hydrogen (secondary N) is 1. The second-order valence-electron chi connectivity index (χ2n) is 6.62. The zero-order valence-corrected chi connectivity index (χ0v) is 13.9. The zero-order valence-electron chi connectivity index (χ0n) is 13.1. The second-order valence-corrected chi connectivity index (χ2v) is 8.02. The number of thioether (sulfide) groups is 1. The summed E-state index contributed by atoms with van der Waals surface area (Å²) < 4.78 is 0. The first-order valence-electron chi connectivity index (χ1n) is 7.82. The fourth-order valence-electron chi connectivity index (χ4n) is 3.47. The highest BCUT2D eigenvalue weighted by Gasteiger charge is 2.38. The van der Waals surface area contributed by atoms with E-state index >= 15 is 0 Å². The van der Waals surface area contributed by atoms with Crippen molar-refractivity contribution in [2.75, 3.05) is 18.1 Å². The van der Waals surface area contributed by atoms with Gasteiger partial charge in [-0.05, 0) is 54.6 Å². The molecule has 0 aromatic rings. The minimum absolute atomic E-state index is 0.495. The molecule has 1 nitrogen and oxygen atoms in total. The molecular formula is C16H33NS. The van der Waals surface area contributed by atoms with E-state index in [4.69, 9.17) is 0 Å². The van der Waals surface area contributed by atoms with Gasteiger partial charge in [-0.15, -0.1) is 0 Å². The maximum atomic E-state index is 3.75. The van der Waals surface area contributed by atoms with Gasteiger partial charge in [0.1, 0.15) is 0 Å². The largest absolute Gasteiger partial charge is 0.314 e. The Kier molecular flexibility index (Phi) is 7.08. The van der Waals surface area contributed by atoms with Gasteiger partial charge in [0.2, 0.25) is 0 Å². The Morgan fingerprint density at radius 2 is 1.94 bits per heavy atom. The van der Waals surface area contributed by atoms with Gasteiger partial charge in [0.15, 0.2) is 0 Å². The molecule has 0 bridgehead atoms. The molecule has 108 valence electrons. The second kappa shape index (κ2) is 7.79. The predicted molar refractivity (Wildman–Crippen MR) is 85.4 cm³/mol. The first kappa shape index (κ1) is 16.4. The van der Waals surface area contributed by atoms with E-state index in [0.717, 1.165) is 24.4 Å². The maximum Gasteiger partial charge on any atom is 0.0103 e. The maximum absolute atomic E-state index is 3.75. The summed E-state index contributed by atoms with van der Waals surface area (Å²) in [7, 11) is 0. The zero-order chi connectivity index (χ0) is 13.6. The topological polar surface area (TPSA) is 12.0 Å². The van der Waals surface area contributed by atoms with Crippen LogP contribution in [0.4, 0.5) is 0 Å². The van der Waals surface area contributed by atoms with E-state index < -0.39 is 0 Å². The van der Waals surface area contributed by atoms with Crippen LogP contribution in [0.1, 0.15) is 60.3 Å². The summed E-state index contributed by atoms with van der Waals surface area (Å²) in [5.41, 5.74) is 0.495. The van der Waals surface area contributed by atoms with Crippen LogP contribution in [0.2, 0.25) is 0 Å². The van der Waals surface area contributed by atoms with Crippen LogP contribution in [-0.2, 0) is 0 Å². The molecule has 0 amide bonds. The van der Waals surface area contributed by atoms with Crippen molar-refractivity contribution in [1.29, 1.82) is 0 Å². The number of hydrogen-bond donors (Lipinski definition) is 1. The minimum atomic E-state index is 0.495. The average Bonchev–Trinajstić information content (AvgIpc) is 2.29. The SMILES string of the molecule is CCNC1CC(C)CCC1C(C)(C)CCSCC. The van der Waals surface area contributed by atoms with Crippen LogP contribution in [0.15, 0.2) is 0 Å². The van der Waals surface area contributed by atoms with Gasteiger partial charge >= 0.3 is 0 Å². The molecule has 0 saturated heterocycles. The standard InChI is InChI=1S/C16H33NS/c1-6-17-15-12-13(3)8-9-14(15)16(4,5)10-11-18-7-2/h13-15,17H,6-12H2,1-5H3. The fourth-order valence-corrected chi connectivity index (χ4v) is 4.43. The van der Waals surface area contributed by atoms with Gasteiger partial charge in [-0.2, -0.15) is 11.8 Å². The Hall–Kier alpha value is 0.310. The summed E-state index contributed by atoms with van der Waals surface area (Å²) in [4.78, 5) is 0. The van der Waals surface area contributed by atoms with Crippen molar-refractivity contribution >= 4 is 11.8 Å². The lowest BCUT2D eigenvalue weighted by atomic mass is 9.65. The third-order valence-corrected chi connectivity index (χ3v) is 5.58. The van der Waals surface area contributed by atoms with Crippen molar-refractivity contribution in [3.8, 4) is 0 Å². The van der Waals surface area contributed by atoms with Crippen molar-refractivity contribution in [2.45, 2.75) is 66.3 Å². The highest BCUT2D eigenvalue weighted by atomic mass is 32.2. The Bertz CT molecular complexity index is 227. The Labute approximate surface area is 119 Å². The lowest BCUT2D eigenvalue weighted by Crippen LogP contribution is -2.46. The molecule has 0 radical (unpaired) electrons. The Balaban J connectivity index is 2.58. The highest BCUT2D eigenvalue weighted by Crippen LogP contribution is 2.42. The van der Waals surface area contributed by atoms with E-state index in [2.05, 4.69) is 51.7 Å².